The minimum Gasteiger partial charge on any atom is -0.495 e. The van der Waals surface area contributed by atoms with E-state index in [2.05, 4.69) is 10.1 Å². The Kier molecular flexibility index (Phi) is 4.39. The van der Waals surface area contributed by atoms with Crippen LogP contribution in [0.3, 0.4) is 0 Å². The van der Waals surface area contributed by atoms with Crippen molar-refractivity contribution in [1.29, 1.82) is 0 Å². The van der Waals surface area contributed by atoms with Crippen molar-refractivity contribution in [1.82, 2.24) is 14.8 Å². The fourth-order valence-electron chi connectivity index (χ4n) is 1.88. The van der Waals surface area contributed by atoms with Gasteiger partial charge in [-0.25, -0.2) is 9.67 Å². The smallest absolute Gasteiger partial charge is 0.140 e. The Morgan fingerprint density at radius 3 is 2.85 bits per heavy atom. The van der Waals surface area contributed by atoms with Crippen LogP contribution in [0.1, 0.15) is 25.7 Å². The van der Waals surface area contributed by atoms with Crippen molar-refractivity contribution in [2.24, 2.45) is 0 Å². The van der Waals surface area contributed by atoms with E-state index in [9.17, 15) is 4.21 Å². The van der Waals surface area contributed by atoms with Gasteiger partial charge in [-0.15, -0.1) is 0 Å². The van der Waals surface area contributed by atoms with Crippen LogP contribution in [0, 0.1) is 0 Å². The molecule has 1 heterocycles. The Hall–Kier alpha value is -1.89. The summed E-state index contributed by atoms with van der Waals surface area (Å²) >= 11 is 0. The minimum atomic E-state index is -1.26. The van der Waals surface area contributed by atoms with Gasteiger partial charge in [0.1, 0.15) is 17.9 Å². The molecule has 0 aliphatic heterocycles. The first-order chi connectivity index (χ1) is 9.52. The molecule has 0 radical (unpaired) electrons. The first-order valence-corrected chi connectivity index (χ1v) is 7.55. The second-order valence-electron chi connectivity index (χ2n) is 4.61. The maximum atomic E-state index is 12.5. The Balaban J connectivity index is 2.26. The van der Waals surface area contributed by atoms with Crippen molar-refractivity contribution in [3.8, 4) is 5.75 Å². The number of nitrogen functional groups attached to an aromatic ring is 1. The van der Waals surface area contributed by atoms with Crippen LogP contribution in [0.4, 0.5) is 5.69 Å². The molecule has 1 aromatic carbocycles. The molecule has 2 rings (SSSR count). The number of ether oxygens (including phenoxy) is 1. The summed E-state index contributed by atoms with van der Waals surface area (Å²) in [5.41, 5.74) is 6.27. The number of aromatic nitrogens is 3. The van der Waals surface area contributed by atoms with Gasteiger partial charge in [-0.1, -0.05) is 0 Å². The third kappa shape index (κ3) is 2.98. The summed E-state index contributed by atoms with van der Waals surface area (Å²) in [4.78, 5) is 4.78. The molecular formula is C13H18N4O2S. The summed E-state index contributed by atoms with van der Waals surface area (Å²) in [5.74, 6) is 1.51. The van der Waals surface area contributed by atoms with Crippen molar-refractivity contribution in [2.45, 2.75) is 30.5 Å². The number of benzene rings is 1. The number of rotatable bonds is 5. The fourth-order valence-corrected chi connectivity index (χ4v) is 3.06. The topological polar surface area (TPSA) is 83.0 Å². The summed E-state index contributed by atoms with van der Waals surface area (Å²) < 4.78 is 19.5. The molecule has 6 nitrogen and oxygen atoms in total. The third-order valence-electron chi connectivity index (χ3n) is 2.83. The lowest BCUT2D eigenvalue weighted by molar-refractivity contribution is 0.404. The molecule has 1 aromatic heterocycles. The van der Waals surface area contributed by atoms with Crippen LogP contribution in [-0.2, 0) is 16.6 Å². The van der Waals surface area contributed by atoms with Crippen LogP contribution < -0.4 is 10.5 Å². The highest BCUT2D eigenvalue weighted by molar-refractivity contribution is 7.84. The van der Waals surface area contributed by atoms with Gasteiger partial charge in [-0.2, -0.15) is 5.10 Å². The Morgan fingerprint density at radius 1 is 1.45 bits per heavy atom. The van der Waals surface area contributed by atoms with Gasteiger partial charge < -0.3 is 10.5 Å². The lowest BCUT2D eigenvalue weighted by Gasteiger charge is -2.11. The maximum absolute atomic E-state index is 12.5. The van der Waals surface area contributed by atoms with Gasteiger partial charge in [0.15, 0.2) is 0 Å². The van der Waals surface area contributed by atoms with E-state index in [1.807, 2.05) is 13.8 Å². The highest BCUT2D eigenvalue weighted by Crippen LogP contribution is 2.26. The third-order valence-corrected chi connectivity index (χ3v) is 4.18. The number of methoxy groups -OCH3 is 1. The molecule has 0 saturated heterocycles. The van der Waals surface area contributed by atoms with Crippen LogP contribution in [0.15, 0.2) is 29.4 Å². The molecule has 0 aliphatic rings. The highest BCUT2D eigenvalue weighted by atomic mass is 32.2. The van der Waals surface area contributed by atoms with Crippen molar-refractivity contribution >= 4 is 16.5 Å². The summed E-state index contributed by atoms with van der Waals surface area (Å²) in [7, 11) is 0.271. The highest BCUT2D eigenvalue weighted by Gasteiger charge is 2.16. The molecule has 0 fully saturated rings. The lowest BCUT2D eigenvalue weighted by atomic mass is 10.3. The number of hydrogen-bond acceptors (Lipinski definition) is 5. The van der Waals surface area contributed by atoms with E-state index >= 15 is 0 Å². The van der Waals surface area contributed by atoms with Crippen molar-refractivity contribution in [2.75, 3.05) is 12.8 Å². The summed E-state index contributed by atoms with van der Waals surface area (Å²) in [6, 6.07) is 5.28. The molecule has 20 heavy (non-hydrogen) atoms. The van der Waals surface area contributed by atoms with Crippen LogP contribution >= 0.6 is 0 Å². The number of nitrogens with two attached hydrogens (primary N) is 1. The van der Waals surface area contributed by atoms with E-state index in [4.69, 9.17) is 10.5 Å². The zero-order chi connectivity index (χ0) is 14.7. The molecule has 2 aromatic rings. The predicted molar refractivity (Wildman–Crippen MR) is 77.9 cm³/mol. The molecule has 7 heteroatoms. The minimum absolute atomic E-state index is 0.179. The van der Waals surface area contributed by atoms with Gasteiger partial charge in [0, 0.05) is 17.8 Å². The van der Waals surface area contributed by atoms with Crippen molar-refractivity contribution in [3.05, 3.63) is 30.4 Å². The van der Waals surface area contributed by atoms with Crippen LogP contribution in [-0.4, -0.2) is 26.1 Å². The van der Waals surface area contributed by atoms with Gasteiger partial charge >= 0.3 is 0 Å². The molecule has 0 saturated carbocycles. The van der Waals surface area contributed by atoms with Crippen LogP contribution in [0.2, 0.25) is 0 Å². The maximum Gasteiger partial charge on any atom is 0.140 e. The average Bonchev–Trinajstić information content (AvgIpc) is 2.86. The van der Waals surface area contributed by atoms with E-state index in [1.54, 1.807) is 22.9 Å². The average molecular weight is 294 g/mol. The van der Waals surface area contributed by atoms with E-state index < -0.39 is 10.8 Å². The molecule has 1 atom stereocenters. The Bertz CT molecular complexity index is 625. The van der Waals surface area contributed by atoms with Gasteiger partial charge in [-0.3, -0.25) is 4.21 Å². The largest absolute Gasteiger partial charge is 0.495 e. The quantitative estimate of drug-likeness (QED) is 0.850. The van der Waals surface area contributed by atoms with Crippen molar-refractivity contribution < 1.29 is 8.95 Å². The molecule has 0 spiro atoms. The Morgan fingerprint density at radius 2 is 2.20 bits per heavy atom. The monoisotopic (exact) mass is 294 g/mol. The van der Waals surface area contributed by atoms with Gasteiger partial charge in [-0.05, 0) is 26.0 Å². The number of nitrogens with zero attached hydrogens (tertiary/aromatic N) is 3. The van der Waals surface area contributed by atoms with Gasteiger partial charge in [0.2, 0.25) is 0 Å². The van der Waals surface area contributed by atoms with E-state index in [0.717, 1.165) is 0 Å². The molecule has 2 N–H and O–H groups in total. The molecule has 0 bridgehead atoms. The van der Waals surface area contributed by atoms with E-state index in [-0.39, 0.29) is 6.04 Å². The summed E-state index contributed by atoms with van der Waals surface area (Å²) in [5, 5.41) is 4.14. The Labute approximate surface area is 120 Å². The molecule has 0 aliphatic carbocycles. The molecule has 1 unspecified atom stereocenters. The zero-order valence-electron chi connectivity index (χ0n) is 11.7. The first-order valence-electron chi connectivity index (χ1n) is 6.23. The van der Waals surface area contributed by atoms with Crippen molar-refractivity contribution in [3.63, 3.8) is 0 Å². The summed E-state index contributed by atoms with van der Waals surface area (Å²) in [6.07, 6.45) is 1.48. The SMILES string of the molecule is COc1cc(N)ccc1S(=O)Cc1ncnn1C(C)C. The molecule has 0 amide bonds. The first kappa shape index (κ1) is 14.5. The fraction of sp³-hybridized carbons (Fsp3) is 0.385. The second kappa shape index (κ2) is 6.04. The molecule has 108 valence electrons. The van der Waals surface area contributed by atoms with Crippen LogP contribution in [0.5, 0.6) is 5.75 Å². The van der Waals surface area contributed by atoms with Crippen LogP contribution in [0.25, 0.3) is 0 Å². The predicted octanol–water partition coefficient (Wildman–Crippen LogP) is 1.76. The summed E-state index contributed by atoms with van der Waals surface area (Å²) in [6.45, 7) is 4.01. The van der Waals surface area contributed by atoms with Gasteiger partial charge in [0.05, 0.1) is 28.6 Å². The molecular weight excluding hydrogens is 276 g/mol. The second-order valence-corrected chi connectivity index (χ2v) is 6.03. The lowest BCUT2D eigenvalue weighted by Crippen LogP contribution is -2.11. The number of anilines is 1. The number of hydrogen-bond donors (Lipinski definition) is 1. The standard InChI is InChI=1S/C13H18N4O2S/c1-9(2)17-13(15-8-16-17)7-20(18)12-5-4-10(14)6-11(12)19-3/h4-6,8-9H,7,14H2,1-3H3. The van der Waals surface area contributed by atoms with Gasteiger partial charge in [0.25, 0.3) is 0 Å². The van der Waals surface area contributed by atoms with E-state index in [0.29, 0.717) is 27.9 Å². The normalized spacial score (nSPS) is 12.6. The van der Waals surface area contributed by atoms with E-state index in [1.165, 1.54) is 13.4 Å². The zero-order valence-corrected chi connectivity index (χ0v) is 12.6.